The van der Waals surface area contributed by atoms with E-state index in [-0.39, 0.29) is 0 Å². The molecule has 0 N–H and O–H groups in total. The summed E-state index contributed by atoms with van der Waals surface area (Å²) in [5.41, 5.74) is 2.49. The molecule has 0 fully saturated rings. The number of allylic oxidation sites excluding steroid dienone is 1. The van der Waals surface area contributed by atoms with Crippen molar-refractivity contribution in [1.82, 2.24) is 4.90 Å². The molecular weight excluding hydrogens is 188 g/mol. The van der Waals surface area contributed by atoms with Gasteiger partial charge >= 0.3 is 6.99 Å². The van der Waals surface area contributed by atoms with E-state index in [0.29, 0.717) is 0 Å². The highest BCUT2D eigenvalue weighted by Gasteiger charge is 2.29. The van der Waals surface area contributed by atoms with Crippen molar-refractivity contribution in [3.63, 3.8) is 0 Å². The van der Waals surface area contributed by atoms with Crippen molar-refractivity contribution in [3.05, 3.63) is 11.0 Å². The Morgan fingerprint density at radius 2 is 2.07 bits per heavy atom. The van der Waals surface area contributed by atoms with Crippen LogP contribution >= 0.6 is 0 Å². The summed E-state index contributed by atoms with van der Waals surface area (Å²) in [7, 11) is 4.03. The van der Waals surface area contributed by atoms with Crippen LogP contribution in [0.4, 0.5) is 4.32 Å². The van der Waals surface area contributed by atoms with Gasteiger partial charge in [0.15, 0.2) is 0 Å². The first-order chi connectivity index (χ1) is 7.15. The summed E-state index contributed by atoms with van der Waals surface area (Å²) in [6, 6.07) is 0. The zero-order valence-corrected chi connectivity index (χ0v) is 10.4. The standard InChI is InChI=1S/C12H23BFN/c1-4-5-6-7-11-8-9-13(14)12(11)10-15(2)3/h4-10H2,1-3H3. The monoisotopic (exact) mass is 211 g/mol. The first-order valence-electron chi connectivity index (χ1n) is 6.14. The molecule has 3 heteroatoms. The lowest BCUT2D eigenvalue weighted by Crippen LogP contribution is -2.21. The van der Waals surface area contributed by atoms with Gasteiger partial charge in [-0.05, 0) is 39.7 Å². The molecule has 0 aliphatic carbocycles. The number of hydrogen-bond acceptors (Lipinski definition) is 1. The molecule has 0 radical (unpaired) electrons. The number of likely N-dealkylation sites (N-methyl/N-ethyl adjacent to an activating group) is 1. The predicted octanol–water partition coefficient (Wildman–Crippen LogP) is 3.33. The summed E-state index contributed by atoms with van der Waals surface area (Å²) in [6.45, 7) is 2.36. The molecule has 15 heavy (non-hydrogen) atoms. The van der Waals surface area contributed by atoms with Gasteiger partial charge in [-0.2, -0.15) is 0 Å². The normalized spacial score (nSPS) is 17.0. The van der Waals surface area contributed by atoms with Crippen molar-refractivity contribution in [1.29, 1.82) is 0 Å². The van der Waals surface area contributed by atoms with E-state index in [1.54, 1.807) is 0 Å². The summed E-state index contributed by atoms with van der Waals surface area (Å²) in [4.78, 5) is 2.08. The maximum Gasteiger partial charge on any atom is 0.378 e. The van der Waals surface area contributed by atoms with E-state index in [1.807, 2.05) is 14.1 Å². The number of halogens is 1. The highest BCUT2D eigenvalue weighted by molar-refractivity contribution is 6.61. The third kappa shape index (κ3) is 3.98. The molecule has 0 bridgehead atoms. The van der Waals surface area contributed by atoms with Crippen LogP contribution in [0.1, 0.15) is 39.0 Å². The van der Waals surface area contributed by atoms with E-state index in [0.717, 1.165) is 31.2 Å². The second-order valence-electron chi connectivity index (χ2n) is 4.83. The average Bonchev–Trinajstić information content (AvgIpc) is 2.49. The van der Waals surface area contributed by atoms with Crippen LogP contribution in [0.15, 0.2) is 11.0 Å². The Morgan fingerprint density at radius 3 is 2.67 bits per heavy atom. The number of hydrogen-bond donors (Lipinski definition) is 0. The van der Waals surface area contributed by atoms with Crippen LogP contribution in [0, 0.1) is 0 Å². The van der Waals surface area contributed by atoms with E-state index < -0.39 is 6.99 Å². The fourth-order valence-electron chi connectivity index (χ4n) is 2.28. The lowest BCUT2D eigenvalue weighted by atomic mass is 9.64. The zero-order chi connectivity index (χ0) is 11.3. The molecule has 1 rings (SSSR count). The summed E-state index contributed by atoms with van der Waals surface area (Å²) < 4.78 is 13.6. The Kier molecular flexibility index (Phi) is 5.37. The molecule has 1 aliphatic rings. The van der Waals surface area contributed by atoms with Gasteiger partial charge in [-0.25, -0.2) is 0 Å². The summed E-state index contributed by atoms with van der Waals surface area (Å²) >= 11 is 0. The first-order valence-corrected chi connectivity index (χ1v) is 6.14. The Morgan fingerprint density at radius 1 is 1.33 bits per heavy atom. The Hall–Kier alpha value is -0.305. The van der Waals surface area contributed by atoms with Crippen molar-refractivity contribution >= 4 is 6.99 Å². The van der Waals surface area contributed by atoms with Crippen molar-refractivity contribution in [3.8, 4) is 0 Å². The first kappa shape index (κ1) is 12.8. The van der Waals surface area contributed by atoms with Gasteiger partial charge in [-0.1, -0.05) is 30.8 Å². The second-order valence-corrected chi connectivity index (χ2v) is 4.83. The van der Waals surface area contributed by atoms with Crippen LogP contribution < -0.4 is 0 Å². The molecule has 86 valence electrons. The molecule has 1 aliphatic heterocycles. The predicted molar refractivity (Wildman–Crippen MR) is 66.0 cm³/mol. The van der Waals surface area contributed by atoms with E-state index in [9.17, 15) is 4.32 Å². The van der Waals surface area contributed by atoms with Gasteiger partial charge in [-0.3, -0.25) is 0 Å². The minimum atomic E-state index is -0.663. The number of nitrogens with zero attached hydrogens (tertiary/aromatic N) is 1. The molecule has 0 aromatic heterocycles. The molecule has 1 heterocycles. The smallest absolute Gasteiger partial charge is 0.330 e. The van der Waals surface area contributed by atoms with Gasteiger partial charge in [0.05, 0.1) is 0 Å². The molecule has 0 saturated heterocycles. The highest BCUT2D eigenvalue weighted by Crippen LogP contribution is 2.31. The third-order valence-electron chi connectivity index (χ3n) is 3.10. The van der Waals surface area contributed by atoms with Crippen LogP contribution in [0.3, 0.4) is 0 Å². The maximum absolute atomic E-state index is 13.6. The molecule has 0 aromatic rings. The van der Waals surface area contributed by atoms with Gasteiger partial charge < -0.3 is 9.22 Å². The van der Waals surface area contributed by atoms with Crippen molar-refractivity contribution in [2.75, 3.05) is 20.6 Å². The van der Waals surface area contributed by atoms with E-state index in [1.165, 1.54) is 24.8 Å². The van der Waals surface area contributed by atoms with E-state index in [2.05, 4.69) is 11.8 Å². The topological polar surface area (TPSA) is 3.24 Å². The molecule has 0 saturated carbocycles. The van der Waals surface area contributed by atoms with Gasteiger partial charge in [0, 0.05) is 6.54 Å². The Bertz CT molecular complexity index is 226. The molecule has 0 aromatic carbocycles. The number of unbranched alkanes of at least 4 members (excludes halogenated alkanes) is 2. The minimum Gasteiger partial charge on any atom is -0.330 e. The quantitative estimate of drug-likeness (QED) is 0.481. The SMILES string of the molecule is CCCCCC1=C(CN(C)C)B(F)CC1. The maximum atomic E-state index is 13.6. The zero-order valence-electron chi connectivity index (χ0n) is 10.4. The molecule has 0 unspecified atom stereocenters. The summed E-state index contributed by atoms with van der Waals surface area (Å²) in [5, 5.41) is 0. The van der Waals surface area contributed by atoms with Gasteiger partial charge in [0.1, 0.15) is 0 Å². The molecule has 0 spiro atoms. The number of rotatable bonds is 6. The van der Waals surface area contributed by atoms with E-state index >= 15 is 0 Å². The Labute approximate surface area is 93.9 Å². The fourth-order valence-corrected chi connectivity index (χ4v) is 2.28. The van der Waals surface area contributed by atoms with Gasteiger partial charge in [0.2, 0.25) is 0 Å². The molecule has 0 amide bonds. The van der Waals surface area contributed by atoms with Crippen LogP contribution in [0.2, 0.25) is 6.32 Å². The third-order valence-corrected chi connectivity index (χ3v) is 3.10. The van der Waals surface area contributed by atoms with Crippen molar-refractivity contribution in [2.45, 2.75) is 45.3 Å². The van der Waals surface area contributed by atoms with Gasteiger partial charge in [0.25, 0.3) is 0 Å². The molecular formula is C12H23BFN. The lowest BCUT2D eigenvalue weighted by molar-refractivity contribution is 0.448. The summed E-state index contributed by atoms with van der Waals surface area (Å²) in [5.74, 6) is 0. The summed E-state index contributed by atoms with van der Waals surface area (Å²) in [6.07, 6.45) is 6.59. The minimum absolute atomic E-state index is 0.663. The van der Waals surface area contributed by atoms with E-state index in [4.69, 9.17) is 0 Å². The van der Waals surface area contributed by atoms with Crippen LogP contribution in [0.5, 0.6) is 0 Å². The van der Waals surface area contributed by atoms with Crippen molar-refractivity contribution in [2.24, 2.45) is 0 Å². The molecule has 0 atom stereocenters. The fraction of sp³-hybridized carbons (Fsp3) is 0.833. The largest absolute Gasteiger partial charge is 0.378 e. The van der Waals surface area contributed by atoms with Gasteiger partial charge in [-0.15, -0.1) is 0 Å². The van der Waals surface area contributed by atoms with Crippen LogP contribution in [0.25, 0.3) is 0 Å². The van der Waals surface area contributed by atoms with Crippen molar-refractivity contribution < 1.29 is 4.32 Å². The molecule has 1 nitrogen and oxygen atoms in total. The second kappa shape index (κ2) is 6.31. The Balaban J connectivity index is 2.51. The lowest BCUT2D eigenvalue weighted by Gasteiger charge is -2.13. The van der Waals surface area contributed by atoms with Crippen LogP contribution in [-0.4, -0.2) is 32.5 Å². The average molecular weight is 211 g/mol. The van der Waals surface area contributed by atoms with Crippen LogP contribution in [-0.2, 0) is 0 Å². The highest BCUT2D eigenvalue weighted by atomic mass is 19.1.